The van der Waals surface area contributed by atoms with E-state index in [0.29, 0.717) is 11.6 Å². The van der Waals surface area contributed by atoms with Crippen LogP contribution in [-0.4, -0.2) is 37.5 Å². The Morgan fingerprint density at radius 1 is 1.56 bits per heavy atom. The topological polar surface area (TPSA) is 76.0 Å². The Kier molecular flexibility index (Phi) is 2.57. The summed E-state index contributed by atoms with van der Waals surface area (Å²) in [6, 6.07) is 0.273. The fourth-order valence-electron chi connectivity index (χ4n) is 1.88. The van der Waals surface area contributed by atoms with E-state index in [-0.39, 0.29) is 10.9 Å². The first kappa shape index (κ1) is 11.3. The van der Waals surface area contributed by atoms with Crippen molar-refractivity contribution in [2.24, 2.45) is 0 Å². The van der Waals surface area contributed by atoms with E-state index in [1.807, 2.05) is 6.92 Å². The van der Waals surface area contributed by atoms with Gasteiger partial charge in [-0.1, -0.05) is 0 Å². The lowest BCUT2D eigenvalue weighted by molar-refractivity contribution is 0.511. The highest BCUT2D eigenvalue weighted by Gasteiger charge is 2.28. The second-order valence-electron chi connectivity index (χ2n) is 4.11. The van der Waals surface area contributed by atoms with Crippen LogP contribution in [0.3, 0.4) is 0 Å². The highest BCUT2D eigenvalue weighted by Crippen LogP contribution is 2.32. The Hall–Kier alpha value is -1.24. The third-order valence-corrected chi connectivity index (χ3v) is 3.80. The molecule has 2 heterocycles. The molecule has 1 unspecified atom stereocenters. The second kappa shape index (κ2) is 3.65. The number of nitrogens with zero attached hydrogens (tertiary/aromatic N) is 2. The van der Waals surface area contributed by atoms with Crippen molar-refractivity contribution < 1.29 is 8.42 Å². The van der Waals surface area contributed by atoms with E-state index >= 15 is 0 Å². The monoisotopic (exact) mass is 244 g/mol. The third-order valence-electron chi connectivity index (χ3n) is 2.67. The highest BCUT2D eigenvalue weighted by molar-refractivity contribution is 7.91. The molecule has 1 aromatic heterocycles. The quantitative estimate of drug-likeness (QED) is 0.793. The summed E-state index contributed by atoms with van der Waals surface area (Å²) < 4.78 is 25.1. The summed E-state index contributed by atoms with van der Waals surface area (Å²) >= 11 is 0. The van der Waals surface area contributed by atoms with Gasteiger partial charge in [0.2, 0.25) is 0 Å². The average Bonchev–Trinajstić information content (AvgIpc) is 2.54. The van der Waals surface area contributed by atoms with Crippen molar-refractivity contribution in [2.75, 3.05) is 23.9 Å². The molecule has 0 saturated carbocycles. The van der Waals surface area contributed by atoms with Crippen LogP contribution in [0.2, 0.25) is 0 Å². The molecule has 0 aromatic carbocycles. The number of hydrogen-bond donors (Lipinski definition) is 2. The summed E-state index contributed by atoms with van der Waals surface area (Å²) in [5.41, 5.74) is 0. The molecule has 0 fully saturated rings. The maximum atomic E-state index is 11.7. The third kappa shape index (κ3) is 1.75. The van der Waals surface area contributed by atoms with Crippen LogP contribution in [0.25, 0.3) is 0 Å². The van der Waals surface area contributed by atoms with Crippen LogP contribution in [-0.2, 0) is 16.4 Å². The Bertz CT molecular complexity index is 506. The molecule has 6 nitrogen and oxygen atoms in total. The molecule has 0 radical (unpaired) electrons. The molecule has 0 aliphatic carbocycles. The zero-order chi connectivity index (χ0) is 11.9. The van der Waals surface area contributed by atoms with Crippen molar-refractivity contribution in [2.45, 2.75) is 30.8 Å². The van der Waals surface area contributed by atoms with Gasteiger partial charge in [0, 0.05) is 25.9 Å². The van der Waals surface area contributed by atoms with E-state index in [2.05, 4.69) is 15.7 Å². The molecule has 2 rings (SSSR count). The van der Waals surface area contributed by atoms with Crippen molar-refractivity contribution in [1.29, 1.82) is 0 Å². The van der Waals surface area contributed by atoms with Crippen LogP contribution in [0.4, 0.5) is 11.6 Å². The maximum Gasteiger partial charge on any atom is 0.182 e. The van der Waals surface area contributed by atoms with E-state index in [0.717, 1.165) is 13.0 Å². The molecule has 16 heavy (non-hydrogen) atoms. The van der Waals surface area contributed by atoms with Crippen molar-refractivity contribution >= 4 is 21.5 Å². The minimum absolute atomic E-state index is 0.265. The van der Waals surface area contributed by atoms with Gasteiger partial charge in [-0.05, 0) is 13.3 Å². The first-order valence-electron chi connectivity index (χ1n) is 5.18. The number of nitrogens with one attached hydrogen (secondary N) is 2. The minimum atomic E-state index is -3.28. The lowest BCUT2D eigenvalue weighted by Gasteiger charge is -2.22. The van der Waals surface area contributed by atoms with Gasteiger partial charge < -0.3 is 10.6 Å². The number of fused-ring (bicyclic) bond motifs is 1. The number of aromatic nitrogens is 2. The van der Waals surface area contributed by atoms with Crippen molar-refractivity contribution in [3.63, 3.8) is 0 Å². The standard InChI is InChI=1S/C9H16N4O2S/c1-6-4-5-13-9(11-6)7(16(3,14)15)8(10-2)12-13/h6,11H,4-5H2,1-3H3,(H,10,12). The second-order valence-corrected chi connectivity index (χ2v) is 6.06. The molecule has 2 N–H and O–H groups in total. The molecule has 1 aliphatic rings. The van der Waals surface area contributed by atoms with E-state index in [9.17, 15) is 8.42 Å². The van der Waals surface area contributed by atoms with Gasteiger partial charge in [-0.3, -0.25) is 0 Å². The maximum absolute atomic E-state index is 11.7. The number of rotatable bonds is 2. The summed E-state index contributed by atoms with van der Waals surface area (Å²) in [4.78, 5) is 0.265. The molecule has 1 aliphatic heterocycles. The van der Waals surface area contributed by atoms with Crippen LogP contribution < -0.4 is 10.6 Å². The van der Waals surface area contributed by atoms with Crippen LogP contribution in [0.1, 0.15) is 13.3 Å². The normalized spacial score (nSPS) is 20.1. The van der Waals surface area contributed by atoms with Crippen molar-refractivity contribution in [3.8, 4) is 0 Å². The number of hydrogen-bond acceptors (Lipinski definition) is 5. The van der Waals surface area contributed by atoms with E-state index in [1.165, 1.54) is 6.26 Å². The lowest BCUT2D eigenvalue weighted by atomic mass is 10.2. The largest absolute Gasteiger partial charge is 0.371 e. The van der Waals surface area contributed by atoms with Gasteiger partial charge in [-0.2, -0.15) is 5.10 Å². The van der Waals surface area contributed by atoms with E-state index in [1.54, 1.807) is 11.7 Å². The van der Waals surface area contributed by atoms with Crippen LogP contribution in [0.5, 0.6) is 0 Å². The van der Waals surface area contributed by atoms with Gasteiger partial charge in [-0.15, -0.1) is 0 Å². The summed E-state index contributed by atoms with van der Waals surface area (Å²) in [5, 5.41) is 10.2. The predicted octanol–water partition coefficient (Wildman–Crippen LogP) is 0.532. The first-order valence-corrected chi connectivity index (χ1v) is 7.07. The lowest BCUT2D eigenvalue weighted by Crippen LogP contribution is -2.26. The van der Waals surface area contributed by atoms with Gasteiger partial charge in [0.1, 0.15) is 5.82 Å². The molecule has 1 aromatic rings. The molecule has 7 heteroatoms. The summed E-state index contributed by atoms with van der Waals surface area (Å²) in [6.45, 7) is 2.77. The summed E-state index contributed by atoms with van der Waals surface area (Å²) in [7, 11) is -1.60. The zero-order valence-electron chi connectivity index (χ0n) is 9.61. The molecule has 0 spiro atoms. The molecule has 0 saturated heterocycles. The fraction of sp³-hybridized carbons (Fsp3) is 0.667. The summed E-state index contributed by atoms with van der Waals surface area (Å²) in [6.07, 6.45) is 2.15. The van der Waals surface area contributed by atoms with Crippen molar-refractivity contribution in [1.82, 2.24) is 9.78 Å². The average molecular weight is 244 g/mol. The molecular weight excluding hydrogens is 228 g/mol. The number of sulfone groups is 1. The Morgan fingerprint density at radius 3 is 2.81 bits per heavy atom. The van der Waals surface area contributed by atoms with Crippen LogP contribution >= 0.6 is 0 Å². The minimum Gasteiger partial charge on any atom is -0.371 e. The van der Waals surface area contributed by atoms with Gasteiger partial charge >= 0.3 is 0 Å². The molecule has 90 valence electrons. The first-order chi connectivity index (χ1) is 7.43. The molecule has 0 bridgehead atoms. The van der Waals surface area contributed by atoms with Gasteiger partial charge in [-0.25, -0.2) is 13.1 Å². The number of anilines is 2. The van der Waals surface area contributed by atoms with Crippen LogP contribution in [0.15, 0.2) is 4.90 Å². The SMILES string of the molecule is CNc1nn2c(c1S(C)(=O)=O)NC(C)CC2. The van der Waals surface area contributed by atoms with Gasteiger partial charge in [0.15, 0.2) is 20.6 Å². The zero-order valence-corrected chi connectivity index (χ0v) is 10.4. The predicted molar refractivity (Wildman–Crippen MR) is 62.6 cm³/mol. The Labute approximate surface area is 94.9 Å². The van der Waals surface area contributed by atoms with E-state index < -0.39 is 9.84 Å². The summed E-state index contributed by atoms with van der Waals surface area (Å²) in [5.74, 6) is 1.02. The molecule has 0 amide bonds. The molecular formula is C9H16N4O2S. The van der Waals surface area contributed by atoms with Crippen LogP contribution in [0, 0.1) is 0 Å². The fourth-order valence-corrected chi connectivity index (χ4v) is 2.89. The highest BCUT2D eigenvalue weighted by atomic mass is 32.2. The Balaban J connectivity index is 2.62. The smallest absolute Gasteiger partial charge is 0.182 e. The van der Waals surface area contributed by atoms with Gasteiger partial charge in [0.25, 0.3) is 0 Å². The Morgan fingerprint density at radius 2 is 2.25 bits per heavy atom. The van der Waals surface area contributed by atoms with Crippen molar-refractivity contribution in [3.05, 3.63) is 0 Å². The molecule has 1 atom stereocenters. The van der Waals surface area contributed by atoms with Gasteiger partial charge in [0.05, 0.1) is 0 Å². The van der Waals surface area contributed by atoms with E-state index in [4.69, 9.17) is 0 Å². The number of aryl methyl sites for hydroxylation is 1.